The first kappa shape index (κ1) is 19.8. The lowest BCUT2D eigenvalue weighted by molar-refractivity contribution is 0.142. The van der Waals surface area contributed by atoms with Crippen molar-refractivity contribution in [1.29, 1.82) is 0 Å². The van der Waals surface area contributed by atoms with Gasteiger partial charge in [0.1, 0.15) is 5.82 Å². The number of hydrogen-bond acceptors (Lipinski definition) is 3. The SMILES string of the molecule is CCn1c2ccccc2c2cc(-c3nc4cc(OC(=O)O)c(F)cc4n3CC3CC3)ccc21. The Labute approximate surface area is 188 Å². The van der Waals surface area contributed by atoms with Gasteiger partial charge in [-0.3, -0.25) is 0 Å². The minimum absolute atomic E-state index is 0.334. The third-order valence-corrected chi connectivity index (χ3v) is 6.48. The van der Waals surface area contributed by atoms with Crippen LogP contribution in [0.25, 0.3) is 44.2 Å². The van der Waals surface area contributed by atoms with Gasteiger partial charge in [0, 0.05) is 52.6 Å². The maximum Gasteiger partial charge on any atom is 0.511 e. The van der Waals surface area contributed by atoms with Crippen molar-refractivity contribution in [3.8, 4) is 17.1 Å². The summed E-state index contributed by atoms with van der Waals surface area (Å²) < 4.78 is 23.6. The number of aromatic nitrogens is 3. The van der Waals surface area contributed by atoms with Gasteiger partial charge in [-0.2, -0.15) is 0 Å². The van der Waals surface area contributed by atoms with E-state index in [1.54, 1.807) is 0 Å². The minimum atomic E-state index is -1.55. The normalized spacial score (nSPS) is 13.9. The van der Waals surface area contributed by atoms with E-state index in [-0.39, 0.29) is 5.75 Å². The number of ether oxygens (including phenoxy) is 1. The fourth-order valence-electron chi connectivity index (χ4n) is 4.80. The van der Waals surface area contributed by atoms with Gasteiger partial charge in [0.15, 0.2) is 11.6 Å². The Morgan fingerprint density at radius 3 is 2.61 bits per heavy atom. The van der Waals surface area contributed by atoms with Gasteiger partial charge in [-0.15, -0.1) is 0 Å². The molecule has 6 rings (SSSR count). The van der Waals surface area contributed by atoms with Crippen LogP contribution in [0.4, 0.5) is 9.18 Å². The molecular formula is C26H22FN3O3. The van der Waals surface area contributed by atoms with E-state index in [1.807, 2.05) is 6.07 Å². The van der Waals surface area contributed by atoms with Crippen molar-refractivity contribution in [1.82, 2.24) is 14.1 Å². The minimum Gasteiger partial charge on any atom is -0.449 e. The van der Waals surface area contributed by atoms with Gasteiger partial charge in [-0.05, 0) is 49.9 Å². The van der Waals surface area contributed by atoms with E-state index in [0.717, 1.165) is 48.2 Å². The monoisotopic (exact) mass is 443 g/mol. The van der Waals surface area contributed by atoms with Crippen molar-refractivity contribution >= 4 is 39.0 Å². The van der Waals surface area contributed by atoms with Crippen LogP contribution in [0.1, 0.15) is 19.8 Å². The summed E-state index contributed by atoms with van der Waals surface area (Å²) in [5.41, 5.74) is 4.45. The van der Waals surface area contributed by atoms with E-state index in [9.17, 15) is 9.18 Å². The van der Waals surface area contributed by atoms with Crippen LogP contribution in [0, 0.1) is 11.7 Å². The Hall–Kier alpha value is -3.87. The quantitative estimate of drug-likeness (QED) is 0.251. The number of imidazole rings is 1. The standard InChI is InChI=1S/C26H22FN3O3/c1-2-29-21-6-4-3-5-17(21)18-11-16(9-10-22(18)29)25-28-20-13-24(33-26(31)32)19(27)12-23(20)30(25)14-15-7-8-15/h3-6,9-13,15H,2,7-8,14H2,1H3,(H,31,32). The van der Waals surface area contributed by atoms with E-state index in [1.165, 1.54) is 23.0 Å². The molecule has 166 valence electrons. The topological polar surface area (TPSA) is 69.3 Å². The van der Waals surface area contributed by atoms with Crippen LogP contribution >= 0.6 is 0 Å². The molecule has 0 unspecified atom stereocenters. The highest BCUT2D eigenvalue weighted by atomic mass is 19.1. The largest absolute Gasteiger partial charge is 0.511 e. The van der Waals surface area contributed by atoms with Crippen molar-refractivity contribution in [3.05, 3.63) is 60.4 Å². The van der Waals surface area contributed by atoms with Crippen LogP contribution in [0.2, 0.25) is 0 Å². The molecule has 3 aromatic carbocycles. The van der Waals surface area contributed by atoms with Gasteiger partial charge < -0.3 is 19.0 Å². The first-order chi connectivity index (χ1) is 16.0. The lowest BCUT2D eigenvalue weighted by Gasteiger charge is -2.10. The predicted octanol–water partition coefficient (Wildman–Crippen LogP) is 6.44. The van der Waals surface area contributed by atoms with Gasteiger partial charge in [-0.25, -0.2) is 14.2 Å². The Kier molecular flexibility index (Phi) is 4.40. The van der Waals surface area contributed by atoms with Crippen LogP contribution in [-0.2, 0) is 13.1 Å². The Morgan fingerprint density at radius 1 is 1.06 bits per heavy atom. The molecule has 0 amide bonds. The highest BCUT2D eigenvalue weighted by Gasteiger charge is 2.26. The summed E-state index contributed by atoms with van der Waals surface area (Å²) in [5, 5.41) is 11.3. The molecule has 2 heterocycles. The van der Waals surface area contributed by atoms with Gasteiger partial charge in [0.05, 0.1) is 11.0 Å². The molecule has 0 aliphatic heterocycles. The highest BCUT2D eigenvalue weighted by molar-refractivity contribution is 6.09. The number of benzene rings is 3. The smallest absolute Gasteiger partial charge is 0.449 e. The number of hydrogen-bond donors (Lipinski definition) is 1. The summed E-state index contributed by atoms with van der Waals surface area (Å²) in [4.78, 5) is 15.7. The average molecular weight is 443 g/mol. The lowest BCUT2D eigenvalue weighted by atomic mass is 10.1. The number of halogens is 1. The summed E-state index contributed by atoms with van der Waals surface area (Å²) in [6, 6.07) is 17.4. The lowest BCUT2D eigenvalue weighted by Crippen LogP contribution is -2.05. The van der Waals surface area contributed by atoms with E-state index in [0.29, 0.717) is 17.0 Å². The zero-order valence-corrected chi connectivity index (χ0v) is 18.1. The van der Waals surface area contributed by atoms with E-state index in [2.05, 4.69) is 57.2 Å². The molecule has 0 radical (unpaired) electrons. The second-order valence-corrected chi connectivity index (χ2v) is 8.62. The molecule has 6 nitrogen and oxygen atoms in total. The van der Waals surface area contributed by atoms with Crippen molar-refractivity contribution in [2.24, 2.45) is 5.92 Å². The second kappa shape index (κ2) is 7.33. The van der Waals surface area contributed by atoms with Crippen LogP contribution in [0.15, 0.2) is 54.6 Å². The first-order valence-electron chi connectivity index (χ1n) is 11.2. The number of aryl methyl sites for hydroxylation is 1. The molecule has 33 heavy (non-hydrogen) atoms. The highest BCUT2D eigenvalue weighted by Crippen LogP contribution is 2.38. The molecule has 0 spiro atoms. The second-order valence-electron chi connectivity index (χ2n) is 8.62. The zero-order chi connectivity index (χ0) is 22.7. The molecule has 1 aliphatic rings. The van der Waals surface area contributed by atoms with Crippen molar-refractivity contribution < 1.29 is 19.0 Å². The molecule has 1 fully saturated rings. The molecule has 0 saturated heterocycles. The number of rotatable bonds is 5. The van der Waals surface area contributed by atoms with Gasteiger partial charge in [0.2, 0.25) is 0 Å². The average Bonchev–Trinajstić information content (AvgIpc) is 3.48. The summed E-state index contributed by atoms with van der Waals surface area (Å²) in [6.45, 7) is 3.76. The zero-order valence-electron chi connectivity index (χ0n) is 18.1. The Morgan fingerprint density at radius 2 is 1.85 bits per heavy atom. The Balaban J connectivity index is 1.58. The number of para-hydroxylation sites is 1. The summed E-state index contributed by atoms with van der Waals surface area (Å²) in [6.07, 6.45) is 0.735. The van der Waals surface area contributed by atoms with Crippen LogP contribution in [0.5, 0.6) is 5.75 Å². The predicted molar refractivity (Wildman–Crippen MR) is 125 cm³/mol. The molecule has 0 bridgehead atoms. The van der Waals surface area contributed by atoms with Crippen LogP contribution < -0.4 is 4.74 Å². The van der Waals surface area contributed by atoms with Crippen molar-refractivity contribution in [2.45, 2.75) is 32.9 Å². The third-order valence-electron chi connectivity index (χ3n) is 6.48. The number of fused-ring (bicyclic) bond motifs is 4. The van der Waals surface area contributed by atoms with Gasteiger partial charge in [0.25, 0.3) is 0 Å². The molecule has 5 aromatic rings. The summed E-state index contributed by atoms with van der Waals surface area (Å²) >= 11 is 0. The molecule has 1 N–H and O–H groups in total. The van der Waals surface area contributed by atoms with E-state index in [4.69, 9.17) is 10.1 Å². The molecule has 7 heteroatoms. The molecular weight excluding hydrogens is 421 g/mol. The van der Waals surface area contributed by atoms with Gasteiger partial charge in [-0.1, -0.05) is 18.2 Å². The third kappa shape index (κ3) is 3.23. The number of nitrogens with zero attached hydrogens (tertiary/aromatic N) is 3. The fraction of sp³-hybridized carbons (Fsp3) is 0.231. The van der Waals surface area contributed by atoms with Crippen LogP contribution in [0.3, 0.4) is 0 Å². The molecule has 1 aliphatic carbocycles. The van der Waals surface area contributed by atoms with Crippen LogP contribution in [-0.4, -0.2) is 25.4 Å². The summed E-state index contributed by atoms with van der Waals surface area (Å²) in [7, 11) is 0. The number of carboxylic acid groups (broad SMARTS) is 1. The van der Waals surface area contributed by atoms with Crippen molar-refractivity contribution in [3.63, 3.8) is 0 Å². The number of carbonyl (C=O) groups is 1. The van der Waals surface area contributed by atoms with Crippen molar-refractivity contribution in [2.75, 3.05) is 0 Å². The maximum absolute atomic E-state index is 14.6. The fourth-order valence-corrected chi connectivity index (χ4v) is 4.80. The maximum atomic E-state index is 14.6. The van der Waals surface area contributed by atoms with E-state index < -0.39 is 12.0 Å². The molecule has 2 aromatic heterocycles. The Bertz CT molecular complexity index is 1560. The first-order valence-corrected chi connectivity index (χ1v) is 11.2. The molecule has 0 atom stereocenters. The van der Waals surface area contributed by atoms with Gasteiger partial charge >= 0.3 is 6.16 Å². The summed E-state index contributed by atoms with van der Waals surface area (Å²) in [5.74, 6) is 0.248. The van der Waals surface area contributed by atoms with E-state index >= 15 is 0 Å². The molecule has 1 saturated carbocycles.